The molecule has 1 fully saturated rings. The first-order chi connectivity index (χ1) is 9.38. The van der Waals surface area contributed by atoms with Crippen molar-refractivity contribution in [2.45, 2.75) is 50.6 Å². The van der Waals surface area contributed by atoms with Gasteiger partial charge in [0.05, 0.1) is 0 Å². The lowest BCUT2D eigenvalue weighted by Gasteiger charge is -2.24. The number of amides is 1. The van der Waals surface area contributed by atoms with Crippen molar-refractivity contribution in [3.05, 3.63) is 18.0 Å². The topological polar surface area (TPSA) is 59.4 Å². The summed E-state index contributed by atoms with van der Waals surface area (Å²) < 4.78 is 24.5. The average Bonchev–Trinajstić information content (AvgIpc) is 3.03. The summed E-state index contributed by atoms with van der Waals surface area (Å²) in [5, 5.41) is 0. The van der Waals surface area contributed by atoms with Crippen LogP contribution in [0.25, 0.3) is 0 Å². The van der Waals surface area contributed by atoms with Gasteiger partial charge in [0.15, 0.2) is 0 Å². The SMILES string of the molecule is CCC1CCCN1C(=O)c1cc(S(=O)(=O)Cl)cn1CC. The van der Waals surface area contributed by atoms with E-state index in [0.29, 0.717) is 12.2 Å². The van der Waals surface area contributed by atoms with Gasteiger partial charge in [0.1, 0.15) is 10.6 Å². The molecule has 2 rings (SSSR count). The number of halogens is 1. The number of hydrogen-bond donors (Lipinski definition) is 0. The minimum Gasteiger partial charge on any atom is -0.342 e. The van der Waals surface area contributed by atoms with Crippen LogP contribution in [0.4, 0.5) is 0 Å². The molecule has 5 nitrogen and oxygen atoms in total. The van der Waals surface area contributed by atoms with E-state index in [1.165, 1.54) is 12.3 Å². The molecule has 0 bridgehead atoms. The van der Waals surface area contributed by atoms with Gasteiger partial charge in [-0.25, -0.2) is 8.42 Å². The maximum atomic E-state index is 12.6. The highest BCUT2D eigenvalue weighted by Gasteiger charge is 2.30. The minimum atomic E-state index is -3.81. The predicted octanol–water partition coefficient (Wildman–Crippen LogP) is 2.45. The number of aryl methyl sites for hydroxylation is 1. The van der Waals surface area contributed by atoms with E-state index in [4.69, 9.17) is 10.7 Å². The molecule has 1 aliphatic rings. The van der Waals surface area contributed by atoms with E-state index in [2.05, 4.69) is 6.92 Å². The van der Waals surface area contributed by atoms with Crippen LogP contribution in [0.3, 0.4) is 0 Å². The number of hydrogen-bond acceptors (Lipinski definition) is 3. The first-order valence-corrected chi connectivity index (χ1v) is 9.15. The Kier molecular flexibility index (Phi) is 4.44. The zero-order valence-electron chi connectivity index (χ0n) is 11.7. The summed E-state index contributed by atoms with van der Waals surface area (Å²) in [5.74, 6) is -0.109. The molecule has 0 aliphatic carbocycles. The lowest BCUT2D eigenvalue weighted by atomic mass is 10.1. The van der Waals surface area contributed by atoms with E-state index in [9.17, 15) is 13.2 Å². The second-order valence-electron chi connectivity index (χ2n) is 4.99. The molecule has 20 heavy (non-hydrogen) atoms. The standard InChI is InChI=1S/C13H19ClN2O3S/c1-3-10-6-5-7-16(10)13(17)12-8-11(20(14,18)19)9-15(12)4-2/h8-10H,3-7H2,1-2H3. The molecule has 1 atom stereocenters. The average molecular weight is 319 g/mol. The van der Waals surface area contributed by atoms with Crippen molar-refractivity contribution in [2.24, 2.45) is 0 Å². The third-order valence-corrected chi connectivity index (χ3v) is 5.14. The van der Waals surface area contributed by atoms with Gasteiger partial charge in [0.2, 0.25) is 0 Å². The third kappa shape index (κ3) is 2.86. The second kappa shape index (κ2) is 5.77. The molecule has 7 heteroatoms. The van der Waals surface area contributed by atoms with Crippen LogP contribution in [0.15, 0.2) is 17.2 Å². The van der Waals surface area contributed by atoms with Crippen molar-refractivity contribution in [3.8, 4) is 0 Å². The molecule has 1 amide bonds. The van der Waals surface area contributed by atoms with Gasteiger partial charge in [-0.3, -0.25) is 4.79 Å². The molecular weight excluding hydrogens is 300 g/mol. The summed E-state index contributed by atoms with van der Waals surface area (Å²) in [7, 11) is 1.55. The second-order valence-corrected chi connectivity index (χ2v) is 7.55. The highest BCUT2D eigenvalue weighted by molar-refractivity contribution is 8.13. The molecule has 0 N–H and O–H groups in total. The van der Waals surface area contributed by atoms with E-state index < -0.39 is 9.05 Å². The van der Waals surface area contributed by atoms with Crippen molar-refractivity contribution < 1.29 is 13.2 Å². The molecule has 0 saturated carbocycles. The molecule has 1 aromatic heterocycles. The maximum absolute atomic E-state index is 12.6. The summed E-state index contributed by atoms with van der Waals surface area (Å²) in [5.41, 5.74) is 0.395. The zero-order chi connectivity index (χ0) is 14.9. The Labute approximate surface area is 123 Å². The smallest absolute Gasteiger partial charge is 0.270 e. The third-order valence-electron chi connectivity index (χ3n) is 3.82. The Morgan fingerprint density at radius 1 is 1.45 bits per heavy atom. The highest BCUT2D eigenvalue weighted by Crippen LogP contribution is 2.25. The van der Waals surface area contributed by atoms with Crippen molar-refractivity contribution >= 4 is 25.6 Å². The Balaban J connectivity index is 2.37. The Hall–Kier alpha value is -1.01. The van der Waals surface area contributed by atoms with E-state index in [0.717, 1.165) is 25.8 Å². The number of carbonyl (C=O) groups excluding carboxylic acids is 1. The van der Waals surface area contributed by atoms with Gasteiger partial charge in [-0.1, -0.05) is 6.92 Å². The van der Waals surface area contributed by atoms with E-state index in [-0.39, 0.29) is 16.8 Å². The van der Waals surface area contributed by atoms with E-state index in [1.807, 2.05) is 11.8 Å². The number of aromatic nitrogens is 1. The summed E-state index contributed by atoms with van der Waals surface area (Å²) in [6, 6.07) is 1.62. The lowest BCUT2D eigenvalue weighted by Crippen LogP contribution is -2.36. The van der Waals surface area contributed by atoms with Crippen LogP contribution >= 0.6 is 10.7 Å². The normalized spacial score (nSPS) is 19.6. The first-order valence-electron chi connectivity index (χ1n) is 6.84. The Bertz CT molecular complexity index is 609. The summed E-state index contributed by atoms with van der Waals surface area (Å²) in [6.07, 6.45) is 4.35. The fraction of sp³-hybridized carbons (Fsp3) is 0.615. The Morgan fingerprint density at radius 3 is 2.70 bits per heavy atom. The summed E-state index contributed by atoms with van der Waals surface area (Å²) in [4.78, 5) is 14.4. The first kappa shape index (κ1) is 15.4. The molecule has 0 radical (unpaired) electrons. The molecular formula is C13H19ClN2O3S. The quantitative estimate of drug-likeness (QED) is 0.801. The minimum absolute atomic E-state index is 0.0170. The zero-order valence-corrected chi connectivity index (χ0v) is 13.2. The number of likely N-dealkylation sites (tertiary alicyclic amines) is 1. The Morgan fingerprint density at radius 2 is 2.15 bits per heavy atom. The van der Waals surface area contributed by atoms with Gasteiger partial charge in [0.25, 0.3) is 15.0 Å². The maximum Gasteiger partial charge on any atom is 0.270 e. The van der Waals surface area contributed by atoms with Gasteiger partial charge in [-0.2, -0.15) is 0 Å². The van der Waals surface area contributed by atoms with Crippen molar-refractivity contribution in [1.29, 1.82) is 0 Å². The van der Waals surface area contributed by atoms with Crippen molar-refractivity contribution in [2.75, 3.05) is 6.54 Å². The van der Waals surface area contributed by atoms with Gasteiger partial charge >= 0.3 is 0 Å². The molecule has 112 valence electrons. The number of nitrogens with zero attached hydrogens (tertiary/aromatic N) is 2. The molecule has 1 saturated heterocycles. The van der Waals surface area contributed by atoms with Crippen LogP contribution in [-0.4, -0.2) is 36.4 Å². The van der Waals surface area contributed by atoms with Crippen molar-refractivity contribution in [1.82, 2.24) is 9.47 Å². The number of carbonyl (C=O) groups is 1. The molecule has 1 unspecified atom stereocenters. The van der Waals surface area contributed by atoms with Crippen LogP contribution < -0.4 is 0 Å². The van der Waals surface area contributed by atoms with Gasteiger partial charge in [0, 0.05) is 36.0 Å². The molecule has 0 spiro atoms. The molecule has 0 aromatic carbocycles. The summed E-state index contributed by atoms with van der Waals surface area (Å²) in [6.45, 7) is 5.18. The van der Waals surface area contributed by atoms with Crippen molar-refractivity contribution in [3.63, 3.8) is 0 Å². The van der Waals surface area contributed by atoms with Gasteiger partial charge in [-0.05, 0) is 32.3 Å². The van der Waals surface area contributed by atoms with E-state index >= 15 is 0 Å². The van der Waals surface area contributed by atoms with Gasteiger partial charge in [-0.15, -0.1) is 0 Å². The van der Waals surface area contributed by atoms with E-state index in [1.54, 1.807) is 4.57 Å². The fourth-order valence-electron chi connectivity index (χ4n) is 2.73. The largest absolute Gasteiger partial charge is 0.342 e. The van der Waals surface area contributed by atoms with Crippen LogP contribution in [0.1, 0.15) is 43.6 Å². The number of rotatable bonds is 4. The van der Waals surface area contributed by atoms with Crippen LogP contribution in [0.2, 0.25) is 0 Å². The summed E-state index contributed by atoms with van der Waals surface area (Å²) >= 11 is 0. The monoisotopic (exact) mass is 318 g/mol. The lowest BCUT2D eigenvalue weighted by molar-refractivity contribution is 0.0723. The van der Waals surface area contributed by atoms with Crippen LogP contribution in [0, 0.1) is 0 Å². The van der Waals surface area contributed by atoms with Crippen LogP contribution in [-0.2, 0) is 15.6 Å². The fourth-order valence-corrected chi connectivity index (χ4v) is 3.49. The van der Waals surface area contributed by atoms with Crippen LogP contribution in [0.5, 0.6) is 0 Å². The highest BCUT2D eigenvalue weighted by atomic mass is 35.7. The predicted molar refractivity (Wildman–Crippen MR) is 77.5 cm³/mol. The molecule has 1 aromatic rings. The molecule has 1 aliphatic heterocycles. The van der Waals surface area contributed by atoms with Gasteiger partial charge < -0.3 is 9.47 Å². The molecule has 2 heterocycles.